The van der Waals surface area contributed by atoms with Gasteiger partial charge in [0, 0.05) is 72.0 Å². The van der Waals surface area contributed by atoms with Crippen LogP contribution in [0.25, 0.3) is 0 Å². The Kier molecular flexibility index (Phi) is 4.59. The molecule has 32 heavy (non-hydrogen) atoms. The maximum Gasteiger partial charge on any atom is 0.0792 e. The van der Waals surface area contributed by atoms with Crippen LogP contribution in [0.4, 0.5) is 0 Å². The van der Waals surface area contributed by atoms with Crippen molar-refractivity contribution in [2.75, 3.05) is 40.4 Å². The average Bonchev–Trinajstić information content (AvgIpc) is 3.49. The minimum absolute atomic E-state index is 0.0882. The van der Waals surface area contributed by atoms with E-state index in [1.807, 2.05) is 0 Å². The van der Waals surface area contributed by atoms with Crippen LogP contribution in [0.5, 0.6) is 0 Å². The van der Waals surface area contributed by atoms with Crippen molar-refractivity contribution in [3.05, 3.63) is 0 Å². The van der Waals surface area contributed by atoms with Crippen molar-refractivity contribution in [3.63, 3.8) is 0 Å². The van der Waals surface area contributed by atoms with Gasteiger partial charge < -0.3 is 21.1 Å². The lowest BCUT2D eigenvalue weighted by Gasteiger charge is -2.51. The molecule has 5 rings (SSSR count). The quantitative estimate of drug-likeness (QED) is 0.663. The molecule has 2 saturated carbocycles. The molecule has 0 aromatic rings. The van der Waals surface area contributed by atoms with Gasteiger partial charge in [-0.2, -0.15) is 10.1 Å². The summed E-state index contributed by atoms with van der Waals surface area (Å²) in [5.41, 5.74) is 13.5. The van der Waals surface area contributed by atoms with Gasteiger partial charge in [-0.15, -0.1) is 0 Å². The lowest BCUT2D eigenvalue weighted by atomic mass is 9.93. The Labute approximate surface area is 194 Å². The molecule has 184 valence electrons. The van der Waals surface area contributed by atoms with E-state index in [2.05, 4.69) is 75.3 Å². The van der Waals surface area contributed by atoms with Crippen LogP contribution in [0.15, 0.2) is 0 Å². The molecule has 2 aliphatic carbocycles. The van der Waals surface area contributed by atoms with Crippen LogP contribution in [-0.2, 0) is 9.68 Å². The summed E-state index contributed by atoms with van der Waals surface area (Å²) in [7, 11) is 3.57. The van der Waals surface area contributed by atoms with Gasteiger partial charge in [-0.1, -0.05) is 0 Å². The van der Waals surface area contributed by atoms with Gasteiger partial charge in [0.2, 0.25) is 0 Å². The third-order valence-electron chi connectivity index (χ3n) is 10.3. The fourth-order valence-corrected chi connectivity index (χ4v) is 9.88. The summed E-state index contributed by atoms with van der Waals surface area (Å²) < 4.78 is 0. The Morgan fingerprint density at radius 2 is 0.750 bits per heavy atom. The fraction of sp³-hybridized carbons (Fsp3) is 1.00. The van der Waals surface area contributed by atoms with Gasteiger partial charge in [-0.25, -0.2) is 0 Å². The van der Waals surface area contributed by atoms with Crippen molar-refractivity contribution in [1.82, 2.24) is 19.9 Å². The van der Waals surface area contributed by atoms with Crippen LogP contribution in [0.1, 0.15) is 55.4 Å². The van der Waals surface area contributed by atoms with Crippen LogP contribution in [-0.4, -0.2) is 93.8 Å². The molecule has 4 N–H and O–H groups in total. The number of hydrogen-bond acceptors (Lipinski definition) is 8. The lowest BCUT2D eigenvalue weighted by molar-refractivity contribution is -0.245. The molecular weight excluding hydrogens is 404 g/mol. The molecule has 5 fully saturated rings. The van der Waals surface area contributed by atoms with Crippen LogP contribution in [0.2, 0.25) is 0 Å². The molecule has 0 amide bonds. The maximum atomic E-state index is 7.19. The zero-order valence-corrected chi connectivity index (χ0v) is 21.9. The third-order valence-corrected chi connectivity index (χ3v) is 10.3. The first-order chi connectivity index (χ1) is 14.6. The van der Waals surface area contributed by atoms with E-state index in [1.165, 1.54) is 0 Å². The maximum absolute atomic E-state index is 7.19. The van der Waals surface area contributed by atoms with Crippen molar-refractivity contribution in [1.29, 1.82) is 0 Å². The monoisotopic (exact) mass is 450 g/mol. The molecular formula is C24H46N6O2. The normalized spacial score (nSPS) is 49.1. The number of nitrogens with two attached hydrogens (primary N) is 2. The van der Waals surface area contributed by atoms with E-state index in [0.29, 0.717) is 23.7 Å². The summed E-state index contributed by atoms with van der Waals surface area (Å²) in [4.78, 5) is 16.7. The van der Waals surface area contributed by atoms with Crippen molar-refractivity contribution in [2.24, 2.45) is 35.1 Å². The average molecular weight is 451 g/mol. The highest BCUT2D eigenvalue weighted by Crippen LogP contribution is 2.71. The smallest absolute Gasteiger partial charge is 0.0792 e. The van der Waals surface area contributed by atoms with E-state index in [1.54, 1.807) is 14.2 Å². The Bertz CT molecular complexity index is 692. The first-order valence-electron chi connectivity index (χ1n) is 12.3. The molecule has 0 radical (unpaired) electrons. The Hall–Kier alpha value is -0.320. The highest BCUT2D eigenvalue weighted by Gasteiger charge is 2.84. The van der Waals surface area contributed by atoms with Gasteiger partial charge in [0.1, 0.15) is 0 Å². The van der Waals surface area contributed by atoms with E-state index >= 15 is 0 Å². The molecule has 8 heteroatoms. The number of nitrogens with zero attached hydrogens (tertiary/aromatic N) is 4. The van der Waals surface area contributed by atoms with Gasteiger partial charge in [-0.3, -0.25) is 9.80 Å². The second-order valence-electron chi connectivity index (χ2n) is 13.2. The van der Waals surface area contributed by atoms with Crippen molar-refractivity contribution in [2.45, 2.75) is 88.9 Å². The summed E-state index contributed by atoms with van der Waals surface area (Å²) in [6.45, 7) is 22.1. The predicted molar refractivity (Wildman–Crippen MR) is 125 cm³/mol. The van der Waals surface area contributed by atoms with Crippen molar-refractivity contribution < 1.29 is 9.68 Å². The predicted octanol–water partition coefficient (Wildman–Crippen LogP) is 1.27. The first-order valence-corrected chi connectivity index (χ1v) is 12.3. The molecule has 4 atom stereocenters. The molecule has 5 aliphatic rings. The second kappa shape index (κ2) is 6.26. The molecule has 0 bridgehead atoms. The van der Waals surface area contributed by atoms with E-state index < -0.39 is 0 Å². The fourth-order valence-electron chi connectivity index (χ4n) is 9.88. The molecule has 0 aromatic carbocycles. The number of fused-ring (bicyclic) bond motifs is 2. The first kappa shape index (κ1) is 23.4. The Balaban J connectivity index is 1.31. The molecule has 3 saturated heterocycles. The summed E-state index contributed by atoms with van der Waals surface area (Å²) in [6.07, 6.45) is 0. The second-order valence-corrected chi connectivity index (χ2v) is 13.2. The highest BCUT2D eigenvalue weighted by molar-refractivity contribution is 5.34. The Morgan fingerprint density at radius 1 is 0.531 bits per heavy atom. The zero-order chi connectivity index (χ0) is 23.9. The minimum Gasteiger partial charge on any atom is -0.313 e. The molecule has 0 aromatic heterocycles. The molecule has 3 aliphatic heterocycles. The SMILES string of the molecule is CON1C(C)(C)C2C(C1(C)C)C2(N)N1CCN(C2(N)C3C2C(C)(C)N(OC)C3(C)C)CC1. The van der Waals surface area contributed by atoms with Crippen LogP contribution in [0, 0.1) is 23.7 Å². The summed E-state index contributed by atoms with van der Waals surface area (Å²) in [5.74, 6) is 1.60. The number of piperazine rings is 1. The minimum atomic E-state index is -0.263. The standard InChI is InChI=1S/C24H46N6O2/c1-19(2)15-16(20(3,4)29(19)31-9)23(15,25)27-11-13-28(14-12-27)24(26)17-18(24)22(7,8)30(32-10)21(17,5)6/h15-18H,11-14,25-26H2,1-10H3. The molecule has 3 heterocycles. The molecule has 4 unspecified atom stereocenters. The van der Waals surface area contributed by atoms with E-state index in [0.717, 1.165) is 26.2 Å². The highest BCUT2D eigenvalue weighted by atomic mass is 16.7. The van der Waals surface area contributed by atoms with Gasteiger partial charge >= 0.3 is 0 Å². The van der Waals surface area contributed by atoms with E-state index in [9.17, 15) is 0 Å². The number of piperidine rings is 2. The van der Waals surface area contributed by atoms with E-state index in [4.69, 9.17) is 21.1 Å². The summed E-state index contributed by atoms with van der Waals surface area (Å²) in [6, 6.07) is 0. The van der Waals surface area contributed by atoms with Gasteiger partial charge in [0.25, 0.3) is 0 Å². The van der Waals surface area contributed by atoms with Crippen molar-refractivity contribution >= 4 is 0 Å². The van der Waals surface area contributed by atoms with Crippen LogP contribution in [0.3, 0.4) is 0 Å². The number of hydrogen-bond donors (Lipinski definition) is 2. The topological polar surface area (TPSA) is 83.5 Å². The molecule has 8 nitrogen and oxygen atoms in total. The largest absolute Gasteiger partial charge is 0.313 e. The van der Waals surface area contributed by atoms with Gasteiger partial charge in [0.05, 0.1) is 25.5 Å². The third kappa shape index (κ3) is 2.36. The molecule has 0 spiro atoms. The van der Waals surface area contributed by atoms with Gasteiger partial charge in [-0.05, 0) is 55.4 Å². The number of rotatable bonds is 4. The lowest BCUT2D eigenvalue weighted by Crippen LogP contribution is -2.68. The van der Waals surface area contributed by atoms with Crippen LogP contribution < -0.4 is 11.5 Å². The number of hydroxylamine groups is 4. The van der Waals surface area contributed by atoms with Gasteiger partial charge in [0.15, 0.2) is 0 Å². The van der Waals surface area contributed by atoms with Crippen molar-refractivity contribution in [3.8, 4) is 0 Å². The van der Waals surface area contributed by atoms with Crippen LogP contribution >= 0.6 is 0 Å². The summed E-state index contributed by atoms with van der Waals surface area (Å²) in [5, 5.41) is 4.34. The zero-order valence-electron chi connectivity index (χ0n) is 21.9. The van der Waals surface area contributed by atoms with E-state index in [-0.39, 0.29) is 33.5 Å². The summed E-state index contributed by atoms with van der Waals surface area (Å²) >= 11 is 0. The Morgan fingerprint density at radius 3 is 0.938 bits per heavy atom.